The lowest BCUT2D eigenvalue weighted by Gasteiger charge is -2.24. The van der Waals surface area contributed by atoms with Crippen LogP contribution in [0, 0.1) is 0 Å². The molecule has 0 saturated heterocycles. The molecule has 1 aromatic rings. The average Bonchev–Trinajstić information content (AvgIpc) is 2.29. The van der Waals surface area contributed by atoms with E-state index in [0.717, 1.165) is 4.47 Å². The Morgan fingerprint density at radius 3 is 2.67 bits per heavy atom. The largest absolute Gasteiger partial charge is 0.434 e. The van der Waals surface area contributed by atoms with Crippen molar-refractivity contribution in [3.63, 3.8) is 0 Å². The highest BCUT2D eigenvalue weighted by Crippen LogP contribution is 2.25. The van der Waals surface area contributed by atoms with Gasteiger partial charge in [-0.25, -0.2) is 0 Å². The number of hydrogen-bond donors (Lipinski definition) is 2. The molecule has 3 nitrogen and oxygen atoms in total. The van der Waals surface area contributed by atoms with Gasteiger partial charge in [-0.15, -0.1) is 0 Å². The molecule has 0 spiro atoms. The molecule has 0 fully saturated rings. The van der Waals surface area contributed by atoms with Crippen LogP contribution >= 0.6 is 15.9 Å². The zero-order valence-corrected chi connectivity index (χ0v) is 11.8. The van der Waals surface area contributed by atoms with Gasteiger partial charge in [0, 0.05) is 22.1 Å². The number of aliphatic hydroxyl groups is 1. The molecule has 0 unspecified atom stereocenters. The smallest absolute Gasteiger partial charge is 0.387 e. The molecule has 0 saturated carbocycles. The quantitative estimate of drug-likeness (QED) is 0.845. The molecule has 0 aliphatic rings. The van der Waals surface area contributed by atoms with Gasteiger partial charge in [0.1, 0.15) is 5.75 Å². The number of ether oxygens (including phenoxy) is 1. The van der Waals surface area contributed by atoms with Gasteiger partial charge in [-0.05, 0) is 32.0 Å². The summed E-state index contributed by atoms with van der Waals surface area (Å²) >= 11 is 3.28. The summed E-state index contributed by atoms with van der Waals surface area (Å²) < 4.78 is 29.7. The Bertz CT molecular complexity index is 400. The summed E-state index contributed by atoms with van der Waals surface area (Å²) in [5.74, 6) is 0.134. The molecule has 102 valence electrons. The van der Waals surface area contributed by atoms with Crippen LogP contribution < -0.4 is 10.1 Å². The first-order valence-electron chi connectivity index (χ1n) is 5.43. The van der Waals surface area contributed by atoms with Crippen LogP contribution in [0.1, 0.15) is 19.4 Å². The summed E-state index contributed by atoms with van der Waals surface area (Å²) in [7, 11) is 0. The van der Waals surface area contributed by atoms with Crippen LogP contribution in [0.5, 0.6) is 5.75 Å². The summed E-state index contributed by atoms with van der Waals surface area (Å²) in [4.78, 5) is 0. The van der Waals surface area contributed by atoms with Gasteiger partial charge in [0.15, 0.2) is 0 Å². The Morgan fingerprint density at radius 2 is 2.11 bits per heavy atom. The molecule has 0 amide bonds. The minimum absolute atomic E-state index is 0.0496. The third kappa shape index (κ3) is 4.88. The van der Waals surface area contributed by atoms with Crippen molar-refractivity contribution in [3.05, 3.63) is 28.2 Å². The molecule has 0 heterocycles. The molecule has 1 aromatic carbocycles. The van der Waals surface area contributed by atoms with Gasteiger partial charge in [-0.1, -0.05) is 15.9 Å². The van der Waals surface area contributed by atoms with Gasteiger partial charge in [-0.2, -0.15) is 8.78 Å². The van der Waals surface area contributed by atoms with Crippen molar-refractivity contribution >= 4 is 15.9 Å². The first-order valence-corrected chi connectivity index (χ1v) is 6.22. The van der Waals surface area contributed by atoms with Gasteiger partial charge < -0.3 is 15.2 Å². The number of alkyl halides is 2. The normalized spacial score (nSPS) is 11.9. The fourth-order valence-electron chi connectivity index (χ4n) is 1.29. The van der Waals surface area contributed by atoms with Crippen molar-refractivity contribution < 1.29 is 18.6 Å². The minimum atomic E-state index is -2.85. The fraction of sp³-hybridized carbons (Fsp3) is 0.500. The molecule has 0 aliphatic carbocycles. The Kier molecular flexibility index (Phi) is 5.49. The lowest BCUT2D eigenvalue weighted by molar-refractivity contribution is -0.0505. The topological polar surface area (TPSA) is 41.5 Å². The van der Waals surface area contributed by atoms with Gasteiger partial charge >= 0.3 is 6.61 Å². The van der Waals surface area contributed by atoms with E-state index in [4.69, 9.17) is 5.11 Å². The van der Waals surface area contributed by atoms with Crippen LogP contribution in [-0.4, -0.2) is 23.9 Å². The highest BCUT2D eigenvalue weighted by molar-refractivity contribution is 9.10. The van der Waals surface area contributed by atoms with Crippen LogP contribution in [0.15, 0.2) is 22.7 Å². The fourth-order valence-corrected chi connectivity index (χ4v) is 1.70. The van der Waals surface area contributed by atoms with Gasteiger partial charge in [-0.3, -0.25) is 0 Å². The van der Waals surface area contributed by atoms with Crippen LogP contribution in [-0.2, 0) is 6.54 Å². The van der Waals surface area contributed by atoms with Crippen molar-refractivity contribution in [3.8, 4) is 5.75 Å². The molecule has 0 radical (unpaired) electrons. The second kappa shape index (κ2) is 6.45. The summed E-state index contributed by atoms with van der Waals surface area (Å²) in [5, 5.41) is 12.2. The van der Waals surface area contributed by atoms with E-state index in [1.807, 2.05) is 13.8 Å². The zero-order chi connectivity index (χ0) is 13.8. The first-order chi connectivity index (χ1) is 8.34. The molecule has 6 heteroatoms. The van der Waals surface area contributed by atoms with Crippen LogP contribution in [0.3, 0.4) is 0 Å². The Morgan fingerprint density at radius 1 is 1.44 bits per heavy atom. The minimum Gasteiger partial charge on any atom is -0.434 e. The van der Waals surface area contributed by atoms with E-state index in [2.05, 4.69) is 26.0 Å². The van der Waals surface area contributed by atoms with Crippen molar-refractivity contribution in [1.82, 2.24) is 5.32 Å². The molecule has 0 bridgehead atoms. The van der Waals surface area contributed by atoms with Crippen molar-refractivity contribution in [2.75, 3.05) is 6.61 Å². The lowest BCUT2D eigenvalue weighted by Crippen LogP contribution is -2.42. The first kappa shape index (κ1) is 15.3. The SMILES string of the molecule is CC(C)(CO)NCc1cc(Br)ccc1OC(F)F. The zero-order valence-electron chi connectivity index (χ0n) is 10.2. The van der Waals surface area contributed by atoms with E-state index in [9.17, 15) is 8.78 Å². The van der Waals surface area contributed by atoms with Crippen LogP contribution in [0.2, 0.25) is 0 Å². The van der Waals surface area contributed by atoms with E-state index in [0.29, 0.717) is 12.1 Å². The Balaban J connectivity index is 2.82. The molecular weight excluding hydrogens is 308 g/mol. The van der Waals surface area contributed by atoms with Crippen molar-refractivity contribution in [2.45, 2.75) is 32.5 Å². The summed E-state index contributed by atoms with van der Waals surface area (Å²) in [6.07, 6.45) is 0. The third-order valence-electron chi connectivity index (χ3n) is 2.39. The number of benzene rings is 1. The highest BCUT2D eigenvalue weighted by Gasteiger charge is 2.17. The maximum Gasteiger partial charge on any atom is 0.387 e. The number of aliphatic hydroxyl groups excluding tert-OH is 1. The number of halogens is 3. The monoisotopic (exact) mass is 323 g/mol. The molecule has 1 rings (SSSR count). The Hall–Kier alpha value is -0.720. The van der Waals surface area contributed by atoms with E-state index in [1.165, 1.54) is 6.07 Å². The average molecular weight is 324 g/mol. The third-order valence-corrected chi connectivity index (χ3v) is 2.88. The number of rotatable bonds is 6. The molecular formula is C12H16BrF2NO2. The van der Waals surface area contributed by atoms with E-state index < -0.39 is 12.2 Å². The molecule has 0 aromatic heterocycles. The predicted molar refractivity (Wildman–Crippen MR) is 68.8 cm³/mol. The maximum atomic E-state index is 12.2. The van der Waals surface area contributed by atoms with Crippen molar-refractivity contribution in [1.29, 1.82) is 0 Å². The van der Waals surface area contributed by atoms with Gasteiger partial charge in [0.2, 0.25) is 0 Å². The molecule has 18 heavy (non-hydrogen) atoms. The van der Waals surface area contributed by atoms with Crippen LogP contribution in [0.4, 0.5) is 8.78 Å². The van der Waals surface area contributed by atoms with E-state index >= 15 is 0 Å². The predicted octanol–water partition coefficient (Wildman–Crippen LogP) is 2.91. The molecule has 2 N–H and O–H groups in total. The van der Waals surface area contributed by atoms with E-state index in [-0.39, 0.29) is 12.4 Å². The highest BCUT2D eigenvalue weighted by atomic mass is 79.9. The summed E-state index contributed by atoms with van der Waals surface area (Å²) in [6.45, 7) is 1.06. The number of hydrogen-bond acceptors (Lipinski definition) is 3. The second-order valence-corrected chi connectivity index (χ2v) is 5.44. The maximum absolute atomic E-state index is 12.2. The summed E-state index contributed by atoms with van der Waals surface area (Å²) in [5.41, 5.74) is 0.121. The Labute approximate surface area is 113 Å². The lowest BCUT2D eigenvalue weighted by atomic mass is 10.1. The van der Waals surface area contributed by atoms with Gasteiger partial charge in [0.05, 0.1) is 6.61 Å². The van der Waals surface area contributed by atoms with Crippen LogP contribution in [0.25, 0.3) is 0 Å². The van der Waals surface area contributed by atoms with Gasteiger partial charge in [0.25, 0.3) is 0 Å². The summed E-state index contributed by atoms with van der Waals surface area (Å²) in [6, 6.07) is 4.83. The number of nitrogens with one attached hydrogen (secondary N) is 1. The van der Waals surface area contributed by atoms with Crippen molar-refractivity contribution in [2.24, 2.45) is 0 Å². The second-order valence-electron chi connectivity index (χ2n) is 4.53. The van der Waals surface area contributed by atoms with E-state index in [1.54, 1.807) is 12.1 Å². The molecule has 0 aliphatic heterocycles. The molecule has 0 atom stereocenters. The standard InChI is InChI=1S/C12H16BrF2NO2/c1-12(2,7-17)16-6-8-5-9(13)3-4-10(8)18-11(14)15/h3-5,11,16-17H,6-7H2,1-2H3.